The van der Waals surface area contributed by atoms with Gasteiger partial charge in [-0.3, -0.25) is 0 Å². The predicted molar refractivity (Wildman–Crippen MR) is 61.6 cm³/mol. The highest BCUT2D eigenvalue weighted by atomic mass is 35.5. The van der Waals surface area contributed by atoms with Crippen molar-refractivity contribution >= 4 is 17.4 Å². The van der Waals surface area contributed by atoms with Gasteiger partial charge in [-0.05, 0) is 0 Å². The molecule has 2 N–H and O–H groups in total. The lowest BCUT2D eigenvalue weighted by Crippen LogP contribution is -2.00. The first-order valence-electron chi connectivity index (χ1n) is 4.51. The maximum atomic E-state index is 8.80. The zero-order chi connectivity index (χ0) is 11.5. The van der Waals surface area contributed by atoms with E-state index in [1.54, 1.807) is 0 Å². The molecule has 0 aliphatic carbocycles. The van der Waals surface area contributed by atoms with Crippen molar-refractivity contribution < 1.29 is 0 Å². The summed E-state index contributed by atoms with van der Waals surface area (Å²) < 4.78 is 0. The van der Waals surface area contributed by atoms with Crippen molar-refractivity contribution in [2.45, 2.75) is 0 Å². The molecular formula is C11H7ClN4. The Labute approximate surface area is 97.3 Å². The average molecular weight is 231 g/mol. The van der Waals surface area contributed by atoms with Crippen LogP contribution in [0.3, 0.4) is 0 Å². The van der Waals surface area contributed by atoms with E-state index in [4.69, 9.17) is 22.6 Å². The maximum Gasteiger partial charge on any atom is 0.178 e. The largest absolute Gasteiger partial charge is 0.382 e. The molecule has 5 heteroatoms. The van der Waals surface area contributed by atoms with Crippen LogP contribution in [0.5, 0.6) is 0 Å². The van der Waals surface area contributed by atoms with Crippen molar-refractivity contribution in [3.8, 4) is 17.3 Å². The number of anilines is 1. The van der Waals surface area contributed by atoms with Gasteiger partial charge in [-0.1, -0.05) is 41.9 Å². The number of hydrogen-bond donors (Lipinski definition) is 1. The van der Waals surface area contributed by atoms with Crippen LogP contribution in [-0.2, 0) is 0 Å². The van der Waals surface area contributed by atoms with Gasteiger partial charge in [-0.2, -0.15) is 5.26 Å². The quantitative estimate of drug-likeness (QED) is 0.815. The maximum absolute atomic E-state index is 8.80. The Morgan fingerprint density at radius 2 is 1.88 bits per heavy atom. The molecule has 0 unspecified atom stereocenters. The van der Waals surface area contributed by atoms with Gasteiger partial charge in [-0.15, -0.1) is 0 Å². The van der Waals surface area contributed by atoms with Gasteiger partial charge in [0.25, 0.3) is 0 Å². The second kappa shape index (κ2) is 4.17. The number of aromatic nitrogens is 2. The number of benzene rings is 1. The molecule has 0 radical (unpaired) electrons. The topological polar surface area (TPSA) is 75.6 Å². The molecule has 1 heterocycles. The summed E-state index contributed by atoms with van der Waals surface area (Å²) in [4.78, 5) is 7.96. The highest BCUT2D eigenvalue weighted by molar-refractivity contribution is 6.30. The van der Waals surface area contributed by atoms with E-state index >= 15 is 0 Å². The van der Waals surface area contributed by atoms with Gasteiger partial charge in [0.2, 0.25) is 0 Å². The molecule has 2 rings (SSSR count). The molecule has 16 heavy (non-hydrogen) atoms. The zero-order valence-corrected chi connectivity index (χ0v) is 8.94. The molecule has 0 bridgehead atoms. The molecule has 4 nitrogen and oxygen atoms in total. The Morgan fingerprint density at radius 3 is 2.50 bits per heavy atom. The summed E-state index contributed by atoms with van der Waals surface area (Å²) in [5.41, 5.74) is 7.07. The Kier molecular flexibility index (Phi) is 2.71. The minimum Gasteiger partial charge on any atom is -0.382 e. The monoisotopic (exact) mass is 230 g/mol. The molecule has 0 atom stereocenters. The molecule has 0 amide bonds. The molecule has 0 saturated carbocycles. The van der Waals surface area contributed by atoms with Crippen LogP contribution in [0, 0.1) is 11.3 Å². The third kappa shape index (κ3) is 1.81. The van der Waals surface area contributed by atoms with Crippen LogP contribution < -0.4 is 5.73 Å². The molecule has 1 aromatic carbocycles. The molecule has 1 aromatic heterocycles. The van der Waals surface area contributed by atoms with Crippen LogP contribution in [-0.4, -0.2) is 9.97 Å². The Morgan fingerprint density at radius 1 is 1.19 bits per heavy atom. The molecule has 2 aromatic rings. The van der Waals surface area contributed by atoms with Crippen LogP contribution >= 0.6 is 11.6 Å². The van der Waals surface area contributed by atoms with Gasteiger partial charge < -0.3 is 5.73 Å². The average Bonchev–Trinajstić information content (AvgIpc) is 2.30. The summed E-state index contributed by atoms with van der Waals surface area (Å²) >= 11 is 5.71. The summed E-state index contributed by atoms with van der Waals surface area (Å²) in [7, 11) is 0. The van der Waals surface area contributed by atoms with Crippen molar-refractivity contribution in [2.75, 3.05) is 5.73 Å². The highest BCUT2D eigenvalue weighted by Crippen LogP contribution is 2.24. The molecule has 0 saturated heterocycles. The van der Waals surface area contributed by atoms with Crippen molar-refractivity contribution in [1.29, 1.82) is 5.26 Å². The van der Waals surface area contributed by atoms with Gasteiger partial charge in [0.15, 0.2) is 16.7 Å². The van der Waals surface area contributed by atoms with Crippen LogP contribution in [0.4, 0.5) is 5.82 Å². The number of nitrogens with two attached hydrogens (primary N) is 1. The molecule has 0 spiro atoms. The number of nitrogens with zero attached hydrogens (tertiary/aromatic N) is 3. The first-order valence-corrected chi connectivity index (χ1v) is 4.88. The summed E-state index contributed by atoms with van der Waals surface area (Å²) in [5.74, 6) is 0.218. The van der Waals surface area contributed by atoms with Gasteiger partial charge in [-0.25, -0.2) is 9.97 Å². The molecule has 0 fully saturated rings. The van der Waals surface area contributed by atoms with Crippen LogP contribution in [0.25, 0.3) is 11.3 Å². The second-order valence-electron chi connectivity index (χ2n) is 3.07. The van der Waals surface area contributed by atoms with E-state index in [0.717, 1.165) is 5.56 Å². The van der Waals surface area contributed by atoms with Crippen molar-refractivity contribution in [1.82, 2.24) is 9.97 Å². The summed E-state index contributed by atoms with van der Waals surface area (Å²) in [6, 6.07) is 11.2. The third-order valence-electron chi connectivity index (χ3n) is 2.03. The fraction of sp³-hybridized carbons (Fsp3) is 0. The Bertz CT molecular complexity index is 560. The SMILES string of the molecule is N#Cc1nc(-c2ccccc2)c(N)nc1Cl. The van der Waals surface area contributed by atoms with Gasteiger partial charge in [0.1, 0.15) is 11.8 Å². The summed E-state index contributed by atoms with van der Waals surface area (Å²) in [5, 5.41) is 8.83. The summed E-state index contributed by atoms with van der Waals surface area (Å²) in [6.45, 7) is 0. The van der Waals surface area contributed by atoms with Gasteiger partial charge >= 0.3 is 0 Å². The lowest BCUT2D eigenvalue weighted by Gasteiger charge is -2.04. The molecule has 78 valence electrons. The molecular weight excluding hydrogens is 224 g/mol. The van der Waals surface area contributed by atoms with Crippen LogP contribution in [0.1, 0.15) is 5.69 Å². The first-order chi connectivity index (χ1) is 7.72. The second-order valence-corrected chi connectivity index (χ2v) is 3.43. The number of nitriles is 1. The Hall–Kier alpha value is -2.12. The standard InChI is InChI=1S/C11H7ClN4/c12-10-8(6-13)15-9(11(14)16-10)7-4-2-1-3-5-7/h1-5H,(H2,14,16). The van der Waals surface area contributed by atoms with E-state index in [2.05, 4.69) is 9.97 Å². The van der Waals surface area contributed by atoms with Crippen molar-refractivity contribution in [3.63, 3.8) is 0 Å². The summed E-state index contributed by atoms with van der Waals surface area (Å²) in [6.07, 6.45) is 0. The van der Waals surface area contributed by atoms with Gasteiger partial charge in [0.05, 0.1) is 0 Å². The lowest BCUT2D eigenvalue weighted by molar-refractivity contribution is 1.18. The van der Waals surface area contributed by atoms with E-state index < -0.39 is 0 Å². The number of rotatable bonds is 1. The molecule has 0 aliphatic rings. The van der Waals surface area contributed by atoms with Gasteiger partial charge in [0, 0.05) is 5.56 Å². The molecule has 0 aliphatic heterocycles. The normalized spacial score (nSPS) is 9.75. The minimum atomic E-state index is 0.0275. The van der Waals surface area contributed by atoms with Crippen molar-refractivity contribution in [2.24, 2.45) is 0 Å². The smallest absolute Gasteiger partial charge is 0.178 e. The van der Waals surface area contributed by atoms with Crippen molar-refractivity contribution in [3.05, 3.63) is 41.2 Å². The minimum absolute atomic E-state index is 0.0275. The van der Waals surface area contributed by atoms with E-state index in [1.807, 2.05) is 36.4 Å². The van der Waals surface area contributed by atoms with E-state index in [-0.39, 0.29) is 16.7 Å². The van der Waals surface area contributed by atoms with E-state index in [0.29, 0.717) is 5.69 Å². The van der Waals surface area contributed by atoms with Crippen LogP contribution in [0.2, 0.25) is 5.15 Å². The first kappa shape index (κ1) is 10.4. The predicted octanol–water partition coefficient (Wildman–Crippen LogP) is 2.25. The Balaban J connectivity index is 2.63. The third-order valence-corrected chi connectivity index (χ3v) is 2.30. The highest BCUT2D eigenvalue weighted by Gasteiger charge is 2.11. The number of nitrogen functional groups attached to an aromatic ring is 1. The zero-order valence-electron chi connectivity index (χ0n) is 8.18. The fourth-order valence-corrected chi connectivity index (χ4v) is 1.48. The van der Waals surface area contributed by atoms with E-state index in [1.165, 1.54) is 0 Å². The van der Waals surface area contributed by atoms with Crippen LogP contribution in [0.15, 0.2) is 30.3 Å². The number of halogens is 1. The fourth-order valence-electron chi connectivity index (χ4n) is 1.31. The lowest BCUT2D eigenvalue weighted by atomic mass is 10.1. The van der Waals surface area contributed by atoms with E-state index in [9.17, 15) is 0 Å². The number of hydrogen-bond acceptors (Lipinski definition) is 4.